The van der Waals surface area contributed by atoms with Crippen molar-refractivity contribution in [2.24, 2.45) is 0 Å². The highest BCUT2D eigenvalue weighted by molar-refractivity contribution is 5.27. The second-order valence-corrected chi connectivity index (χ2v) is 4.34. The van der Waals surface area contributed by atoms with Crippen LogP contribution < -0.4 is 0 Å². The molecule has 0 radical (unpaired) electrons. The number of ether oxygens (including phenoxy) is 1. The molecule has 0 bridgehead atoms. The summed E-state index contributed by atoms with van der Waals surface area (Å²) < 4.78 is 5.37. The summed E-state index contributed by atoms with van der Waals surface area (Å²) >= 11 is 0. The second kappa shape index (κ2) is 14.1. The lowest BCUT2D eigenvalue weighted by Crippen LogP contribution is -2.01. The molecule has 0 amide bonds. The van der Waals surface area contributed by atoms with Gasteiger partial charge in [-0.15, -0.1) is 0 Å². The Labute approximate surface area is 126 Å². The van der Waals surface area contributed by atoms with Crippen LogP contribution in [0, 0.1) is 6.92 Å². The van der Waals surface area contributed by atoms with E-state index >= 15 is 0 Å². The maximum Gasteiger partial charge on any atom is 0.0821 e. The van der Waals surface area contributed by atoms with E-state index in [9.17, 15) is 0 Å². The number of hydrogen-bond acceptors (Lipinski definition) is 1. The molecular weight excluding hydrogens is 244 g/mol. The zero-order chi connectivity index (χ0) is 16.0. The van der Waals surface area contributed by atoms with Crippen LogP contribution in [0.15, 0.2) is 48.6 Å². The lowest BCUT2D eigenvalue weighted by Gasteiger charge is -2.15. The SMILES string of the molecule is C=C(C)/C=C\C.CC.CCC(OC)c1ccccc1C. The molecule has 0 heterocycles. The first kappa shape index (κ1) is 21.0. The van der Waals surface area contributed by atoms with Gasteiger partial charge in [-0.1, -0.05) is 69.3 Å². The molecule has 0 N–H and O–H groups in total. The van der Waals surface area contributed by atoms with Crippen LogP contribution in [0.5, 0.6) is 0 Å². The van der Waals surface area contributed by atoms with E-state index in [4.69, 9.17) is 4.74 Å². The zero-order valence-corrected chi connectivity index (χ0v) is 14.4. The zero-order valence-electron chi connectivity index (χ0n) is 14.4. The van der Waals surface area contributed by atoms with Crippen molar-refractivity contribution in [3.8, 4) is 0 Å². The fourth-order valence-electron chi connectivity index (χ4n) is 1.75. The number of hydrogen-bond donors (Lipinski definition) is 0. The fraction of sp³-hybridized carbons (Fsp3) is 0.474. The summed E-state index contributed by atoms with van der Waals surface area (Å²) in [7, 11) is 1.76. The highest BCUT2D eigenvalue weighted by Crippen LogP contribution is 2.22. The minimum atomic E-state index is 0.256. The molecule has 1 aromatic rings. The molecule has 0 spiro atoms. The van der Waals surface area contributed by atoms with E-state index < -0.39 is 0 Å². The van der Waals surface area contributed by atoms with Crippen molar-refractivity contribution in [2.45, 2.75) is 54.1 Å². The van der Waals surface area contributed by atoms with E-state index in [1.165, 1.54) is 11.1 Å². The van der Waals surface area contributed by atoms with Gasteiger partial charge in [0.1, 0.15) is 0 Å². The Hall–Kier alpha value is -1.34. The monoisotopic (exact) mass is 276 g/mol. The normalized spacial score (nSPS) is 10.9. The Morgan fingerprint density at radius 2 is 1.85 bits per heavy atom. The van der Waals surface area contributed by atoms with E-state index in [-0.39, 0.29) is 6.10 Å². The van der Waals surface area contributed by atoms with Crippen molar-refractivity contribution in [3.63, 3.8) is 0 Å². The fourth-order valence-corrected chi connectivity index (χ4v) is 1.75. The Balaban J connectivity index is 0. The van der Waals surface area contributed by atoms with Gasteiger partial charge in [-0.3, -0.25) is 0 Å². The maximum absolute atomic E-state index is 5.37. The molecule has 1 unspecified atom stereocenters. The van der Waals surface area contributed by atoms with E-state index in [1.807, 2.05) is 39.8 Å². The van der Waals surface area contributed by atoms with Gasteiger partial charge in [0, 0.05) is 7.11 Å². The molecular formula is C19H32O. The Bertz CT molecular complexity index is 373. The van der Waals surface area contributed by atoms with Crippen molar-refractivity contribution >= 4 is 0 Å². The van der Waals surface area contributed by atoms with Crippen molar-refractivity contribution in [1.29, 1.82) is 0 Å². The van der Waals surface area contributed by atoms with E-state index in [0.29, 0.717) is 0 Å². The second-order valence-electron chi connectivity index (χ2n) is 4.34. The van der Waals surface area contributed by atoms with Gasteiger partial charge in [-0.2, -0.15) is 0 Å². The Kier molecular flexibility index (Phi) is 14.8. The molecule has 1 heteroatoms. The molecule has 0 aromatic heterocycles. The third-order valence-corrected chi connectivity index (χ3v) is 2.64. The molecule has 0 aliphatic rings. The largest absolute Gasteiger partial charge is 0.377 e. The van der Waals surface area contributed by atoms with Crippen LogP contribution in [0.2, 0.25) is 0 Å². The first-order valence-corrected chi connectivity index (χ1v) is 7.43. The van der Waals surface area contributed by atoms with Gasteiger partial charge < -0.3 is 4.74 Å². The molecule has 1 rings (SSSR count). The predicted octanol–water partition coefficient (Wildman–Crippen LogP) is 6.26. The first-order valence-electron chi connectivity index (χ1n) is 7.43. The van der Waals surface area contributed by atoms with Gasteiger partial charge in [-0.25, -0.2) is 0 Å². The summed E-state index contributed by atoms with van der Waals surface area (Å²) in [6, 6.07) is 8.37. The summed E-state index contributed by atoms with van der Waals surface area (Å²) in [5.74, 6) is 0. The summed E-state index contributed by atoms with van der Waals surface area (Å²) in [4.78, 5) is 0. The topological polar surface area (TPSA) is 9.23 Å². The van der Waals surface area contributed by atoms with E-state index in [0.717, 1.165) is 12.0 Å². The molecule has 1 nitrogen and oxygen atoms in total. The van der Waals surface area contributed by atoms with Gasteiger partial charge in [0.15, 0.2) is 0 Å². The Morgan fingerprint density at radius 1 is 1.30 bits per heavy atom. The van der Waals surface area contributed by atoms with Crippen LogP contribution in [0.25, 0.3) is 0 Å². The summed E-state index contributed by atoms with van der Waals surface area (Å²) in [6.45, 7) is 15.9. The summed E-state index contributed by atoms with van der Waals surface area (Å²) in [6.07, 6.45) is 5.23. The lowest BCUT2D eigenvalue weighted by atomic mass is 10.0. The molecule has 0 saturated heterocycles. The van der Waals surface area contributed by atoms with E-state index in [1.54, 1.807) is 7.11 Å². The average molecular weight is 276 g/mol. The van der Waals surface area contributed by atoms with Gasteiger partial charge >= 0.3 is 0 Å². The van der Waals surface area contributed by atoms with Crippen molar-refractivity contribution < 1.29 is 4.74 Å². The molecule has 1 aromatic carbocycles. The predicted molar refractivity (Wildman–Crippen MR) is 92.2 cm³/mol. The van der Waals surface area contributed by atoms with Crippen molar-refractivity contribution in [1.82, 2.24) is 0 Å². The lowest BCUT2D eigenvalue weighted by molar-refractivity contribution is 0.0995. The maximum atomic E-state index is 5.37. The van der Waals surface area contributed by atoms with Crippen molar-refractivity contribution in [3.05, 3.63) is 59.7 Å². The summed E-state index contributed by atoms with van der Waals surface area (Å²) in [5.41, 5.74) is 3.73. The third kappa shape index (κ3) is 9.57. The average Bonchev–Trinajstić information content (AvgIpc) is 2.45. The number of aryl methyl sites for hydroxylation is 1. The molecule has 0 aliphatic heterocycles. The van der Waals surface area contributed by atoms with Crippen LogP contribution in [0.1, 0.15) is 58.3 Å². The summed E-state index contributed by atoms with van der Waals surface area (Å²) in [5, 5.41) is 0. The highest BCUT2D eigenvalue weighted by Gasteiger charge is 2.08. The van der Waals surface area contributed by atoms with Gasteiger partial charge in [0.05, 0.1) is 6.10 Å². The van der Waals surface area contributed by atoms with Crippen LogP contribution >= 0.6 is 0 Å². The Morgan fingerprint density at radius 3 is 2.15 bits per heavy atom. The van der Waals surface area contributed by atoms with Gasteiger partial charge in [0.2, 0.25) is 0 Å². The third-order valence-electron chi connectivity index (χ3n) is 2.64. The smallest absolute Gasteiger partial charge is 0.0821 e. The highest BCUT2D eigenvalue weighted by atomic mass is 16.5. The molecule has 0 fully saturated rings. The molecule has 1 atom stereocenters. The quantitative estimate of drug-likeness (QED) is 0.590. The van der Waals surface area contributed by atoms with Gasteiger partial charge in [-0.05, 0) is 38.3 Å². The number of benzene rings is 1. The molecule has 0 saturated carbocycles. The van der Waals surface area contributed by atoms with Crippen LogP contribution in [0.4, 0.5) is 0 Å². The first-order chi connectivity index (χ1) is 9.56. The standard InChI is InChI=1S/C11H16O.C6H10.C2H6/c1-4-11(12-3)10-8-6-5-7-9(10)2;1-4-5-6(2)3;1-2/h5-8,11H,4H2,1-3H3;4-5H,2H2,1,3H3;1-2H3/b;5-4-;. The number of allylic oxidation sites excluding steroid dienone is 3. The number of methoxy groups -OCH3 is 1. The molecule has 20 heavy (non-hydrogen) atoms. The number of rotatable bonds is 4. The minimum Gasteiger partial charge on any atom is -0.377 e. The molecule has 0 aliphatic carbocycles. The van der Waals surface area contributed by atoms with Crippen molar-refractivity contribution in [2.75, 3.05) is 7.11 Å². The minimum absolute atomic E-state index is 0.256. The van der Waals surface area contributed by atoms with Crippen LogP contribution in [-0.2, 0) is 4.74 Å². The van der Waals surface area contributed by atoms with E-state index in [2.05, 4.69) is 44.7 Å². The molecule has 114 valence electrons. The van der Waals surface area contributed by atoms with Crippen LogP contribution in [-0.4, -0.2) is 7.11 Å². The van der Waals surface area contributed by atoms with Crippen LogP contribution in [0.3, 0.4) is 0 Å². The van der Waals surface area contributed by atoms with Gasteiger partial charge in [0.25, 0.3) is 0 Å².